The van der Waals surface area contributed by atoms with Gasteiger partial charge in [-0.15, -0.1) is 0 Å². The molecule has 2 atom stereocenters. The predicted molar refractivity (Wildman–Crippen MR) is 96.6 cm³/mol. The van der Waals surface area contributed by atoms with E-state index in [0.29, 0.717) is 31.3 Å². The molecule has 0 spiro atoms. The van der Waals surface area contributed by atoms with Gasteiger partial charge in [0.25, 0.3) is 0 Å². The van der Waals surface area contributed by atoms with Gasteiger partial charge in [0.05, 0.1) is 12.7 Å². The zero-order valence-corrected chi connectivity index (χ0v) is 15.5. The Morgan fingerprint density at radius 1 is 1.38 bits per heavy atom. The highest BCUT2D eigenvalue weighted by Gasteiger charge is 2.38. The molecule has 0 radical (unpaired) electrons. The van der Waals surface area contributed by atoms with Crippen molar-refractivity contribution in [1.29, 1.82) is 0 Å². The molecule has 1 aliphatic rings. The van der Waals surface area contributed by atoms with Crippen LogP contribution < -0.4 is 0 Å². The van der Waals surface area contributed by atoms with Gasteiger partial charge in [-0.25, -0.2) is 4.79 Å². The second-order valence-electron chi connectivity index (χ2n) is 7.08. The van der Waals surface area contributed by atoms with E-state index in [1.54, 1.807) is 6.08 Å². The smallest absolute Gasteiger partial charge is 0.334 e. The first kappa shape index (κ1) is 20.7. The van der Waals surface area contributed by atoms with Gasteiger partial charge in [0, 0.05) is 5.57 Å². The molecule has 0 aromatic heterocycles. The average molecular weight is 336 g/mol. The molecule has 24 heavy (non-hydrogen) atoms. The highest BCUT2D eigenvalue weighted by Crippen LogP contribution is 2.31. The van der Waals surface area contributed by atoms with Crippen LogP contribution in [0.15, 0.2) is 34.9 Å². The Balaban J connectivity index is 2.64. The second-order valence-corrected chi connectivity index (χ2v) is 7.08. The van der Waals surface area contributed by atoms with Crippen molar-refractivity contribution in [3.63, 3.8) is 0 Å². The molecule has 0 saturated heterocycles. The topological polar surface area (TPSA) is 66.8 Å². The molecule has 0 aliphatic carbocycles. The Labute approximate surface area is 145 Å². The fourth-order valence-corrected chi connectivity index (χ4v) is 2.83. The van der Waals surface area contributed by atoms with Crippen LogP contribution >= 0.6 is 0 Å². The lowest BCUT2D eigenvalue weighted by atomic mass is 9.89. The number of carbonyl (C=O) groups is 1. The van der Waals surface area contributed by atoms with E-state index in [0.717, 1.165) is 18.4 Å². The molecule has 136 valence electrons. The van der Waals surface area contributed by atoms with Gasteiger partial charge in [-0.3, -0.25) is 0 Å². The number of cyclic esters (lactones) is 1. The lowest BCUT2D eigenvalue weighted by Crippen LogP contribution is -2.43. The standard InChI is InChI=1S/C20H32O4/c1-15(2)7-5-8-17-9-6-13-20(4,24-19(17)23)18(22)11-10-16(3)12-14-21/h7,9,12,18,21-22H,5-6,8,10-11,13-14H2,1-4H3/b16-12-/t18-,20+/m1/s1. The van der Waals surface area contributed by atoms with Gasteiger partial charge < -0.3 is 14.9 Å². The molecule has 2 N–H and O–H groups in total. The van der Waals surface area contributed by atoms with E-state index in [-0.39, 0.29) is 12.6 Å². The van der Waals surface area contributed by atoms with Crippen molar-refractivity contribution in [2.75, 3.05) is 6.61 Å². The van der Waals surface area contributed by atoms with Crippen LogP contribution in [0.3, 0.4) is 0 Å². The van der Waals surface area contributed by atoms with Gasteiger partial charge >= 0.3 is 5.97 Å². The van der Waals surface area contributed by atoms with E-state index in [2.05, 4.69) is 6.08 Å². The number of rotatable bonds is 8. The van der Waals surface area contributed by atoms with Crippen molar-refractivity contribution in [1.82, 2.24) is 0 Å². The third kappa shape index (κ3) is 6.62. The van der Waals surface area contributed by atoms with E-state index in [1.807, 2.05) is 33.8 Å². The first-order valence-electron chi connectivity index (χ1n) is 8.79. The average Bonchev–Trinajstić information content (AvgIpc) is 2.64. The van der Waals surface area contributed by atoms with Crippen molar-refractivity contribution >= 4 is 5.97 Å². The summed E-state index contributed by atoms with van der Waals surface area (Å²) in [6.45, 7) is 7.83. The highest BCUT2D eigenvalue weighted by atomic mass is 16.6. The Morgan fingerprint density at radius 2 is 2.08 bits per heavy atom. The molecule has 1 aliphatic heterocycles. The summed E-state index contributed by atoms with van der Waals surface area (Å²) in [5, 5.41) is 19.4. The number of hydrogen-bond donors (Lipinski definition) is 2. The van der Waals surface area contributed by atoms with E-state index in [4.69, 9.17) is 9.84 Å². The number of hydrogen-bond acceptors (Lipinski definition) is 4. The monoisotopic (exact) mass is 336 g/mol. The Kier molecular flexibility index (Phi) is 8.43. The van der Waals surface area contributed by atoms with E-state index < -0.39 is 11.7 Å². The van der Waals surface area contributed by atoms with E-state index in [9.17, 15) is 9.90 Å². The van der Waals surface area contributed by atoms with Crippen LogP contribution in [0.5, 0.6) is 0 Å². The SMILES string of the molecule is CC(C)=CCCC1=CCC[C@@](C)([C@H](O)CC/C(C)=C\CO)OC1=O. The van der Waals surface area contributed by atoms with Crippen LogP contribution in [0, 0.1) is 0 Å². The largest absolute Gasteiger partial charge is 0.453 e. The van der Waals surface area contributed by atoms with Crippen molar-refractivity contribution in [3.8, 4) is 0 Å². The summed E-state index contributed by atoms with van der Waals surface area (Å²) in [6, 6.07) is 0. The Morgan fingerprint density at radius 3 is 2.71 bits per heavy atom. The van der Waals surface area contributed by atoms with Gasteiger partial charge in [-0.05, 0) is 66.2 Å². The molecule has 4 nitrogen and oxygen atoms in total. The fourth-order valence-electron chi connectivity index (χ4n) is 2.83. The summed E-state index contributed by atoms with van der Waals surface area (Å²) in [4.78, 5) is 12.4. The van der Waals surface area contributed by atoms with Gasteiger partial charge in [-0.1, -0.05) is 29.4 Å². The van der Waals surface area contributed by atoms with Gasteiger partial charge in [0.2, 0.25) is 0 Å². The number of ether oxygens (including phenoxy) is 1. The maximum absolute atomic E-state index is 12.4. The number of carbonyl (C=O) groups excluding carboxylic acids is 1. The highest BCUT2D eigenvalue weighted by molar-refractivity contribution is 5.89. The zero-order chi connectivity index (χ0) is 18.2. The molecule has 1 heterocycles. The first-order chi connectivity index (χ1) is 11.3. The molecule has 0 amide bonds. The summed E-state index contributed by atoms with van der Waals surface area (Å²) < 4.78 is 5.68. The first-order valence-corrected chi connectivity index (χ1v) is 8.79. The van der Waals surface area contributed by atoms with Crippen LogP contribution in [0.1, 0.15) is 66.2 Å². The maximum Gasteiger partial charge on any atom is 0.334 e. The van der Waals surface area contributed by atoms with E-state index >= 15 is 0 Å². The third-order valence-corrected chi connectivity index (χ3v) is 4.54. The zero-order valence-electron chi connectivity index (χ0n) is 15.5. The summed E-state index contributed by atoms with van der Waals surface area (Å²) in [5.74, 6) is -0.307. The lowest BCUT2D eigenvalue weighted by molar-refractivity contribution is -0.166. The minimum Gasteiger partial charge on any atom is -0.453 e. The van der Waals surface area contributed by atoms with Crippen LogP contribution in [-0.4, -0.2) is 34.5 Å². The minimum atomic E-state index is -0.856. The normalized spacial score (nSPS) is 23.2. The van der Waals surface area contributed by atoms with Crippen LogP contribution in [-0.2, 0) is 9.53 Å². The molecule has 0 unspecified atom stereocenters. The predicted octanol–water partition coefficient (Wildman–Crippen LogP) is 3.83. The molecule has 1 rings (SSSR count). The molecule has 0 saturated carbocycles. The Bertz CT molecular complexity index is 512. The molecule has 0 bridgehead atoms. The number of allylic oxidation sites excluding steroid dienone is 4. The fraction of sp³-hybridized carbons (Fsp3) is 0.650. The lowest BCUT2D eigenvalue weighted by Gasteiger charge is -2.33. The van der Waals surface area contributed by atoms with Crippen molar-refractivity contribution in [2.45, 2.75) is 77.9 Å². The number of esters is 1. The quantitative estimate of drug-likeness (QED) is 0.522. The number of aliphatic hydroxyl groups is 2. The van der Waals surface area contributed by atoms with Gasteiger partial charge in [0.1, 0.15) is 5.60 Å². The summed E-state index contributed by atoms with van der Waals surface area (Å²) in [7, 11) is 0. The molecule has 0 aromatic carbocycles. The molecule has 0 aromatic rings. The van der Waals surface area contributed by atoms with Crippen LogP contribution in [0.4, 0.5) is 0 Å². The van der Waals surface area contributed by atoms with Crippen molar-refractivity contribution in [3.05, 3.63) is 34.9 Å². The van der Waals surface area contributed by atoms with E-state index in [1.165, 1.54) is 5.57 Å². The number of aliphatic hydroxyl groups excluding tert-OH is 2. The summed E-state index contributed by atoms with van der Waals surface area (Å²) in [5.41, 5.74) is 2.12. The molecule has 0 fully saturated rings. The Hall–Kier alpha value is -1.39. The molecular weight excluding hydrogens is 304 g/mol. The molecular formula is C20H32O4. The molecule has 4 heteroatoms. The third-order valence-electron chi connectivity index (χ3n) is 4.54. The van der Waals surface area contributed by atoms with Crippen molar-refractivity contribution in [2.24, 2.45) is 0 Å². The van der Waals surface area contributed by atoms with Crippen molar-refractivity contribution < 1.29 is 19.7 Å². The maximum atomic E-state index is 12.4. The second kappa shape index (κ2) is 9.80. The minimum absolute atomic E-state index is 0.00709. The summed E-state index contributed by atoms with van der Waals surface area (Å²) >= 11 is 0. The summed E-state index contributed by atoms with van der Waals surface area (Å²) in [6.07, 6.45) is 9.13. The van der Waals surface area contributed by atoms with Crippen LogP contribution in [0.2, 0.25) is 0 Å². The van der Waals surface area contributed by atoms with Gasteiger partial charge in [-0.2, -0.15) is 0 Å². The van der Waals surface area contributed by atoms with Gasteiger partial charge in [0.15, 0.2) is 0 Å². The van der Waals surface area contributed by atoms with Crippen LogP contribution in [0.25, 0.3) is 0 Å².